The Labute approximate surface area is 240 Å². The van der Waals surface area contributed by atoms with Crippen molar-refractivity contribution in [2.75, 3.05) is 15.5 Å². The van der Waals surface area contributed by atoms with Gasteiger partial charge in [-0.1, -0.05) is 35.9 Å². The summed E-state index contributed by atoms with van der Waals surface area (Å²) in [5.74, 6) is -3.25. The molecule has 3 aliphatic heterocycles. The number of fused-ring (bicyclic) bond motifs is 5. The fourth-order valence-electron chi connectivity index (χ4n) is 6.86. The second-order valence-corrected chi connectivity index (χ2v) is 11.4. The molecule has 0 saturated carbocycles. The van der Waals surface area contributed by atoms with E-state index >= 15 is 0 Å². The Morgan fingerprint density at radius 2 is 1.80 bits per heavy atom. The third kappa shape index (κ3) is 3.66. The van der Waals surface area contributed by atoms with E-state index in [2.05, 4.69) is 20.9 Å². The van der Waals surface area contributed by atoms with Gasteiger partial charge in [0, 0.05) is 41.3 Å². The highest BCUT2D eigenvalue weighted by molar-refractivity contribution is 6.35. The van der Waals surface area contributed by atoms with Crippen LogP contribution in [0.2, 0.25) is 5.02 Å². The van der Waals surface area contributed by atoms with Gasteiger partial charge in [-0.2, -0.15) is 0 Å². The van der Waals surface area contributed by atoms with Crippen LogP contribution in [-0.4, -0.2) is 34.7 Å². The van der Waals surface area contributed by atoms with Gasteiger partial charge in [-0.25, -0.2) is 4.90 Å². The Kier molecular flexibility index (Phi) is 5.61. The van der Waals surface area contributed by atoms with Crippen molar-refractivity contribution in [3.63, 3.8) is 0 Å². The van der Waals surface area contributed by atoms with Gasteiger partial charge in [0.25, 0.3) is 0 Å². The van der Waals surface area contributed by atoms with Crippen molar-refractivity contribution in [3.8, 4) is 0 Å². The van der Waals surface area contributed by atoms with Gasteiger partial charge in [0.05, 0.1) is 28.2 Å². The van der Waals surface area contributed by atoms with Crippen LogP contribution >= 0.6 is 11.6 Å². The van der Waals surface area contributed by atoms with Gasteiger partial charge in [-0.05, 0) is 60.9 Å². The van der Waals surface area contributed by atoms with Crippen LogP contribution in [0, 0.1) is 18.8 Å². The molecule has 4 aromatic rings. The van der Waals surface area contributed by atoms with Crippen LogP contribution in [0.3, 0.4) is 0 Å². The lowest BCUT2D eigenvalue weighted by Gasteiger charge is -2.30. The highest BCUT2D eigenvalue weighted by Crippen LogP contribution is 2.55. The summed E-state index contributed by atoms with van der Waals surface area (Å²) in [5.41, 5.74) is 3.28. The number of hydrogen-bond acceptors (Lipinski definition) is 5. The van der Waals surface area contributed by atoms with Crippen LogP contribution in [0.15, 0.2) is 66.9 Å². The number of halogens is 1. The molecule has 4 amide bonds. The number of amides is 4. The highest BCUT2D eigenvalue weighted by atomic mass is 35.5. The lowest BCUT2D eigenvalue weighted by Crippen LogP contribution is -2.53. The van der Waals surface area contributed by atoms with Crippen molar-refractivity contribution in [3.05, 3.63) is 88.6 Å². The summed E-state index contributed by atoms with van der Waals surface area (Å²) in [4.78, 5) is 58.3. The Hall–Kier alpha value is -4.47. The van der Waals surface area contributed by atoms with Gasteiger partial charge in [-0.3, -0.25) is 24.5 Å². The van der Waals surface area contributed by atoms with E-state index < -0.39 is 35.2 Å². The second-order valence-electron chi connectivity index (χ2n) is 11.0. The van der Waals surface area contributed by atoms with Crippen molar-refractivity contribution in [1.82, 2.24) is 10.3 Å². The number of benzene rings is 3. The molecule has 206 valence electrons. The number of para-hydroxylation sites is 1. The molecule has 4 atom stereocenters. The number of carbonyl (C=O) groups excluding carboxylic acids is 4. The number of aromatic nitrogens is 1. The maximum Gasteiger partial charge on any atom is 0.250 e. The van der Waals surface area contributed by atoms with E-state index in [1.54, 1.807) is 30.3 Å². The molecule has 7 rings (SSSR count). The minimum Gasteiger partial charge on any atom is -0.361 e. The zero-order chi connectivity index (χ0) is 28.6. The van der Waals surface area contributed by atoms with E-state index in [1.807, 2.05) is 43.5 Å². The molecule has 3 aliphatic rings. The third-order valence-corrected chi connectivity index (χ3v) is 8.78. The zero-order valence-corrected chi connectivity index (χ0v) is 23.0. The molecule has 4 N–H and O–H groups in total. The third-order valence-electron chi connectivity index (χ3n) is 8.48. The molecule has 4 heterocycles. The molecular weight excluding hydrogens is 542 g/mol. The Balaban J connectivity index is 1.35. The Bertz CT molecular complexity index is 1800. The normalized spacial score (nSPS) is 24.7. The van der Waals surface area contributed by atoms with Crippen LogP contribution in [0.4, 0.5) is 17.1 Å². The minimum absolute atomic E-state index is 0.228. The fraction of sp³-hybridized carbons (Fsp3) is 0.226. The van der Waals surface area contributed by atoms with Gasteiger partial charge >= 0.3 is 0 Å². The molecule has 3 aromatic carbocycles. The van der Waals surface area contributed by atoms with Crippen molar-refractivity contribution in [1.29, 1.82) is 0 Å². The number of imide groups is 1. The van der Waals surface area contributed by atoms with Crippen molar-refractivity contribution in [2.45, 2.75) is 31.8 Å². The van der Waals surface area contributed by atoms with E-state index in [1.165, 1.54) is 11.8 Å². The topological polar surface area (TPSA) is 123 Å². The number of hydrogen-bond donors (Lipinski definition) is 4. The smallest absolute Gasteiger partial charge is 0.250 e. The van der Waals surface area contributed by atoms with Crippen LogP contribution in [-0.2, 0) is 31.1 Å². The van der Waals surface area contributed by atoms with Gasteiger partial charge in [0.1, 0.15) is 5.54 Å². The summed E-state index contributed by atoms with van der Waals surface area (Å²) in [7, 11) is 0. The monoisotopic (exact) mass is 567 g/mol. The van der Waals surface area contributed by atoms with Crippen LogP contribution in [0.25, 0.3) is 10.9 Å². The lowest BCUT2D eigenvalue weighted by molar-refractivity contribution is -0.130. The van der Waals surface area contributed by atoms with E-state index in [-0.39, 0.29) is 11.8 Å². The predicted molar refractivity (Wildman–Crippen MR) is 156 cm³/mol. The van der Waals surface area contributed by atoms with Crippen molar-refractivity contribution < 1.29 is 19.2 Å². The first-order chi connectivity index (χ1) is 19.7. The number of nitrogens with zero attached hydrogens (tertiary/aromatic N) is 1. The number of aryl methyl sites for hydroxylation is 1. The minimum atomic E-state index is -1.47. The molecule has 9 nitrogen and oxygen atoms in total. The standard InChI is InChI=1S/C31H26ClN5O4/c1-15-11-21-27(22(32)12-15)35-30(41)31(21)26-25(24(36-31)13-17-14-33-23-6-4-3-5-20(17)23)28(39)37(29(26)40)19-9-7-18(8-10-19)34-16(2)38/h3-12,14,24-26,33,36H,13H2,1-2H3,(H,34,38)(H,35,41)/t24-,25-,26+,31+/m1/s1. The highest BCUT2D eigenvalue weighted by Gasteiger charge is 2.70. The summed E-state index contributed by atoms with van der Waals surface area (Å²) in [6, 6.07) is 17.5. The first-order valence-corrected chi connectivity index (χ1v) is 13.8. The number of carbonyl (C=O) groups is 4. The lowest BCUT2D eigenvalue weighted by atomic mass is 9.76. The van der Waals surface area contributed by atoms with Crippen molar-refractivity contribution >= 4 is 63.2 Å². The predicted octanol–water partition coefficient (Wildman–Crippen LogP) is 4.26. The SMILES string of the molecule is CC(=O)Nc1ccc(N2C(=O)[C@H]3[C@@H](C2=O)[C@]2(N[C@@H]3Cc3c[nH]c4ccccc34)C(=O)Nc3c(Cl)cc(C)cc32)cc1. The molecule has 1 aromatic heterocycles. The van der Waals surface area contributed by atoms with E-state index in [9.17, 15) is 19.2 Å². The maximum atomic E-state index is 14.3. The number of aromatic amines is 1. The van der Waals surface area contributed by atoms with Gasteiger partial charge < -0.3 is 15.6 Å². The Morgan fingerprint density at radius 1 is 1.05 bits per heavy atom. The summed E-state index contributed by atoms with van der Waals surface area (Å²) < 4.78 is 0. The summed E-state index contributed by atoms with van der Waals surface area (Å²) >= 11 is 6.56. The van der Waals surface area contributed by atoms with Crippen LogP contribution in [0.1, 0.15) is 23.6 Å². The molecule has 2 saturated heterocycles. The molecule has 0 aliphatic carbocycles. The second kappa shape index (κ2) is 9.02. The first-order valence-electron chi connectivity index (χ1n) is 13.4. The van der Waals surface area contributed by atoms with Gasteiger partial charge in [-0.15, -0.1) is 0 Å². The largest absolute Gasteiger partial charge is 0.361 e. The van der Waals surface area contributed by atoms with Crippen molar-refractivity contribution in [2.24, 2.45) is 11.8 Å². The van der Waals surface area contributed by atoms with Crippen LogP contribution < -0.4 is 20.9 Å². The molecule has 1 spiro atoms. The average molecular weight is 568 g/mol. The number of H-pyrrole nitrogens is 1. The van der Waals surface area contributed by atoms with Gasteiger partial charge in [0.2, 0.25) is 23.6 Å². The van der Waals surface area contributed by atoms with Gasteiger partial charge in [0.15, 0.2) is 0 Å². The van der Waals surface area contributed by atoms with E-state index in [0.717, 1.165) is 22.0 Å². The maximum absolute atomic E-state index is 14.3. The summed E-state index contributed by atoms with van der Waals surface area (Å²) in [6.45, 7) is 3.28. The molecule has 41 heavy (non-hydrogen) atoms. The van der Waals surface area contributed by atoms with Crippen LogP contribution in [0.5, 0.6) is 0 Å². The summed E-state index contributed by atoms with van der Waals surface area (Å²) in [6.07, 6.45) is 2.33. The number of nitrogens with one attached hydrogen (secondary N) is 4. The quantitative estimate of drug-likeness (QED) is 0.274. The molecule has 0 unspecified atom stereocenters. The molecule has 0 bridgehead atoms. The molecule has 10 heteroatoms. The first kappa shape index (κ1) is 25.5. The molecule has 2 fully saturated rings. The van der Waals surface area contributed by atoms with E-state index in [4.69, 9.17) is 11.6 Å². The molecular formula is C31H26ClN5O4. The van der Waals surface area contributed by atoms with E-state index in [0.29, 0.717) is 34.1 Å². The number of anilines is 3. The summed E-state index contributed by atoms with van der Waals surface area (Å²) in [5, 5.41) is 10.5. The molecule has 0 radical (unpaired) electrons. The zero-order valence-electron chi connectivity index (χ0n) is 22.2. The Morgan fingerprint density at radius 3 is 2.56 bits per heavy atom. The fourth-order valence-corrected chi connectivity index (χ4v) is 7.18. The average Bonchev–Trinajstić information content (AvgIpc) is 3.64. The number of rotatable bonds is 4.